The first-order valence-electron chi connectivity index (χ1n) is 11.8. The molecule has 0 radical (unpaired) electrons. The average Bonchev–Trinajstić information content (AvgIpc) is 3.41. The first-order valence-corrected chi connectivity index (χ1v) is 11.8. The molecular weight excluding hydrogens is 558 g/mol. The molecule has 184 valence electrons. The molecular formula is C33H34Cl2Zr. The number of benzene rings is 3. The molecule has 0 aliphatic heterocycles. The van der Waals surface area contributed by atoms with Gasteiger partial charge in [0.05, 0.1) is 0 Å². The number of rotatable bonds is 1. The zero-order valence-electron chi connectivity index (χ0n) is 22.1. The van der Waals surface area contributed by atoms with E-state index in [0.717, 1.165) is 11.6 Å². The first kappa shape index (κ1) is 32.4. The second-order valence-electron chi connectivity index (χ2n) is 11.0. The maximum atomic E-state index is 4.52. The Balaban J connectivity index is 0.000000636. The van der Waals surface area contributed by atoms with E-state index in [9.17, 15) is 0 Å². The third kappa shape index (κ3) is 6.80. The molecule has 36 heavy (non-hydrogen) atoms. The summed E-state index contributed by atoms with van der Waals surface area (Å²) in [5.41, 5.74) is 6.77. The predicted octanol–water partition coefficient (Wildman–Crippen LogP) is 0.834. The molecule has 0 spiro atoms. The molecule has 0 bridgehead atoms. The van der Waals surface area contributed by atoms with Gasteiger partial charge in [-0.25, -0.2) is 0 Å². The molecule has 0 amide bonds. The van der Waals surface area contributed by atoms with Gasteiger partial charge in [0.1, 0.15) is 0 Å². The number of hydrogen-bond donors (Lipinski definition) is 0. The molecule has 0 saturated heterocycles. The molecule has 5 rings (SSSR count). The molecule has 0 heterocycles. The van der Waals surface area contributed by atoms with Crippen LogP contribution in [0.5, 0.6) is 0 Å². The molecule has 0 fully saturated rings. The van der Waals surface area contributed by atoms with E-state index in [1.165, 1.54) is 43.5 Å². The summed E-state index contributed by atoms with van der Waals surface area (Å²) in [6.07, 6.45) is 11.3. The van der Waals surface area contributed by atoms with Gasteiger partial charge in [-0.15, -0.1) is 33.4 Å². The van der Waals surface area contributed by atoms with Crippen molar-refractivity contribution >= 4 is 18.2 Å². The quantitative estimate of drug-likeness (QED) is 0.288. The van der Waals surface area contributed by atoms with Crippen LogP contribution in [-0.4, -0.2) is 0 Å². The monoisotopic (exact) mass is 590 g/mol. The van der Waals surface area contributed by atoms with Gasteiger partial charge in [-0.2, -0.15) is 36.4 Å². The number of hydrogen-bond acceptors (Lipinski definition) is 0. The Kier molecular flexibility index (Phi) is 11.4. The minimum absolute atomic E-state index is 0. The van der Waals surface area contributed by atoms with Crippen molar-refractivity contribution in [3.63, 3.8) is 0 Å². The summed E-state index contributed by atoms with van der Waals surface area (Å²) in [6, 6.07) is 21.7. The molecule has 0 atom stereocenters. The van der Waals surface area contributed by atoms with Crippen LogP contribution in [0.4, 0.5) is 0 Å². The van der Waals surface area contributed by atoms with Gasteiger partial charge in [-0.05, 0) is 17.3 Å². The number of halogens is 2. The van der Waals surface area contributed by atoms with Crippen molar-refractivity contribution in [2.24, 2.45) is 0 Å². The maximum absolute atomic E-state index is 4.52. The van der Waals surface area contributed by atoms with E-state index in [2.05, 4.69) is 103 Å². The van der Waals surface area contributed by atoms with Crippen LogP contribution in [0.3, 0.4) is 0 Å². The van der Waals surface area contributed by atoms with E-state index in [0.29, 0.717) is 0 Å². The summed E-state index contributed by atoms with van der Waals surface area (Å²) < 4.78 is 0. The fraction of sp³-hybridized carbons (Fsp3) is 0.273. The first-order chi connectivity index (χ1) is 15.6. The SMILES string of the molecule is C=c1c(C(C)(C)C)cc2c(c1C1=CC=CC1)[C-]=c1ccc(C(C)(C)C)cc1=2.[Cl-].[Cl-].[Zr+4].[c-]1ccccc1. The molecule has 2 aliphatic rings. The standard InChI is InChI=1S/C27H29.C6H5.2ClH.Zr/c1-17-24(27(5,6)7)16-22-21-15-20(26(2,3)4)13-12-19(21)14-23(22)25(17)18-10-8-9-11-18;1-2-4-6-5-3-1;;;/h8-10,12-13,15-16H,1,11H2,2-7H3;1-5H;2*1H;/q2*-1;;;+4/p-2. The van der Waals surface area contributed by atoms with Crippen LogP contribution in [0.1, 0.15) is 70.2 Å². The molecule has 3 aromatic rings. The molecule has 2 aliphatic carbocycles. The second kappa shape index (κ2) is 12.7. The summed E-state index contributed by atoms with van der Waals surface area (Å²) in [5.74, 6) is 0. The van der Waals surface area contributed by atoms with E-state index in [4.69, 9.17) is 0 Å². The Hall–Kier alpha value is -1.66. The fourth-order valence-electron chi connectivity index (χ4n) is 4.54. The molecule has 0 N–H and O–H groups in total. The second-order valence-corrected chi connectivity index (χ2v) is 11.0. The Morgan fingerprint density at radius 3 is 1.97 bits per heavy atom. The van der Waals surface area contributed by atoms with E-state index in [-0.39, 0.29) is 61.8 Å². The van der Waals surface area contributed by atoms with Gasteiger partial charge in [-0.3, -0.25) is 0 Å². The normalized spacial score (nSPS) is 12.9. The zero-order valence-corrected chi connectivity index (χ0v) is 26.1. The summed E-state index contributed by atoms with van der Waals surface area (Å²) in [5, 5.41) is 5.00. The van der Waals surface area contributed by atoms with Crippen LogP contribution in [0.15, 0.2) is 72.8 Å². The van der Waals surface area contributed by atoms with Crippen molar-refractivity contribution in [2.75, 3.05) is 0 Å². The third-order valence-electron chi connectivity index (χ3n) is 6.38. The van der Waals surface area contributed by atoms with E-state index in [1.807, 2.05) is 30.3 Å². The van der Waals surface area contributed by atoms with E-state index < -0.39 is 0 Å². The maximum Gasteiger partial charge on any atom is 4.00 e. The van der Waals surface area contributed by atoms with E-state index >= 15 is 0 Å². The summed E-state index contributed by atoms with van der Waals surface area (Å²) in [7, 11) is 0. The van der Waals surface area contributed by atoms with Crippen molar-refractivity contribution in [1.29, 1.82) is 0 Å². The summed E-state index contributed by atoms with van der Waals surface area (Å²) in [6.45, 7) is 18.2. The van der Waals surface area contributed by atoms with Crippen LogP contribution in [0.25, 0.3) is 18.2 Å². The number of allylic oxidation sites excluding steroid dienone is 4. The molecule has 0 aromatic heterocycles. The third-order valence-corrected chi connectivity index (χ3v) is 6.38. The minimum Gasteiger partial charge on any atom is -1.00 e. The largest absolute Gasteiger partial charge is 4.00 e. The Morgan fingerprint density at radius 2 is 1.50 bits per heavy atom. The number of fused-ring (bicyclic) bond motifs is 2. The predicted molar refractivity (Wildman–Crippen MR) is 142 cm³/mol. The van der Waals surface area contributed by atoms with Gasteiger partial charge in [0.2, 0.25) is 0 Å². The summed E-state index contributed by atoms with van der Waals surface area (Å²) in [4.78, 5) is 0. The molecule has 0 saturated carbocycles. The van der Waals surface area contributed by atoms with Gasteiger partial charge < -0.3 is 24.8 Å². The van der Waals surface area contributed by atoms with Gasteiger partial charge >= 0.3 is 26.2 Å². The van der Waals surface area contributed by atoms with E-state index in [1.54, 1.807) is 0 Å². The van der Waals surface area contributed by atoms with Gasteiger partial charge in [0.25, 0.3) is 0 Å². The molecule has 3 heteroatoms. The fourth-order valence-corrected chi connectivity index (χ4v) is 4.54. The van der Waals surface area contributed by atoms with Crippen LogP contribution >= 0.6 is 0 Å². The van der Waals surface area contributed by atoms with Gasteiger partial charge in [-0.1, -0.05) is 112 Å². The Bertz CT molecular complexity index is 1430. The zero-order chi connectivity index (χ0) is 23.8. The topological polar surface area (TPSA) is 0 Å². The van der Waals surface area contributed by atoms with Gasteiger partial charge in [0, 0.05) is 0 Å². The van der Waals surface area contributed by atoms with Crippen LogP contribution in [0.2, 0.25) is 0 Å². The Labute approximate surface area is 248 Å². The Morgan fingerprint density at radius 1 is 0.833 bits per heavy atom. The van der Waals surface area contributed by atoms with Crippen molar-refractivity contribution in [2.45, 2.75) is 58.8 Å². The smallest absolute Gasteiger partial charge is 1.00 e. The van der Waals surface area contributed by atoms with Crippen LogP contribution in [-0.2, 0) is 37.0 Å². The van der Waals surface area contributed by atoms with Crippen molar-refractivity contribution in [3.8, 4) is 0 Å². The summed E-state index contributed by atoms with van der Waals surface area (Å²) >= 11 is 0. The van der Waals surface area contributed by atoms with Crippen molar-refractivity contribution in [3.05, 3.63) is 122 Å². The van der Waals surface area contributed by atoms with Gasteiger partial charge in [0.15, 0.2) is 0 Å². The molecule has 0 unspecified atom stereocenters. The molecule has 0 nitrogen and oxygen atoms in total. The van der Waals surface area contributed by atoms with Crippen molar-refractivity contribution < 1.29 is 51.0 Å². The van der Waals surface area contributed by atoms with Crippen LogP contribution < -0.4 is 35.3 Å². The minimum atomic E-state index is 0. The van der Waals surface area contributed by atoms with Crippen molar-refractivity contribution in [1.82, 2.24) is 0 Å². The average molecular weight is 593 g/mol. The molecule has 3 aromatic carbocycles. The van der Waals surface area contributed by atoms with Crippen LogP contribution in [0, 0.1) is 16.5 Å².